The maximum absolute atomic E-state index is 12.2. The normalized spacial score (nSPS) is 14.8. The summed E-state index contributed by atoms with van der Waals surface area (Å²) in [5.41, 5.74) is 5.52. The molecule has 0 saturated heterocycles. The molecule has 27 heavy (non-hydrogen) atoms. The number of hydrogen-bond donors (Lipinski definition) is 2. The summed E-state index contributed by atoms with van der Waals surface area (Å²) in [7, 11) is 0. The maximum atomic E-state index is 12.2. The molecule has 138 valence electrons. The number of ether oxygens (including phenoxy) is 1. The summed E-state index contributed by atoms with van der Waals surface area (Å²) in [6, 6.07) is 19.3. The molecule has 0 heterocycles. The lowest BCUT2D eigenvalue weighted by molar-refractivity contribution is -0.134. The Morgan fingerprint density at radius 1 is 1.00 bits per heavy atom. The Kier molecular flexibility index (Phi) is 5.72. The molecule has 0 aromatic heterocycles. The quantitative estimate of drug-likeness (QED) is 0.799. The molecule has 1 saturated carbocycles. The average Bonchev–Trinajstić information content (AvgIpc) is 3.22. The lowest BCUT2D eigenvalue weighted by Gasteiger charge is -2.19. The van der Waals surface area contributed by atoms with E-state index in [0.29, 0.717) is 18.6 Å². The van der Waals surface area contributed by atoms with Crippen LogP contribution < -0.4 is 15.6 Å². The number of carbonyl (C=O) groups excluding carboxylic acids is 2. The highest BCUT2D eigenvalue weighted by atomic mass is 16.5. The van der Waals surface area contributed by atoms with Crippen molar-refractivity contribution >= 4 is 11.8 Å². The summed E-state index contributed by atoms with van der Waals surface area (Å²) in [5, 5.41) is 9.29. The first-order valence-corrected chi connectivity index (χ1v) is 8.92. The lowest BCUT2D eigenvalue weighted by Crippen LogP contribution is -2.49. The van der Waals surface area contributed by atoms with Crippen LogP contribution in [0.1, 0.15) is 25.7 Å². The zero-order valence-corrected chi connectivity index (χ0v) is 14.9. The fourth-order valence-corrected chi connectivity index (χ4v) is 3.24. The van der Waals surface area contributed by atoms with Crippen LogP contribution in [-0.2, 0) is 9.59 Å². The number of hydrazine groups is 1. The summed E-state index contributed by atoms with van der Waals surface area (Å²) in [5.74, 6) is -0.368. The van der Waals surface area contributed by atoms with E-state index in [1.807, 2.05) is 48.5 Å². The van der Waals surface area contributed by atoms with Crippen molar-refractivity contribution in [1.82, 2.24) is 10.9 Å². The Morgan fingerprint density at radius 3 is 2.37 bits per heavy atom. The minimum atomic E-state index is -1.03. The molecule has 1 aliphatic rings. The molecule has 1 aliphatic carbocycles. The van der Waals surface area contributed by atoms with Gasteiger partial charge in [0.15, 0.2) is 6.61 Å². The van der Waals surface area contributed by atoms with Gasteiger partial charge >= 0.3 is 0 Å². The molecule has 2 aromatic carbocycles. The van der Waals surface area contributed by atoms with Crippen molar-refractivity contribution in [3.8, 4) is 22.9 Å². The van der Waals surface area contributed by atoms with Crippen LogP contribution in [0.5, 0.6) is 5.75 Å². The Labute approximate surface area is 158 Å². The Bertz CT molecular complexity index is 852. The molecule has 0 radical (unpaired) electrons. The number of carbonyl (C=O) groups is 2. The molecule has 0 bridgehead atoms. The van der Waals surface area contributed by atoms with Crippen molar-refractivity contribution in [2.24, 2.45) is 5.41 Å². The molecule has 0 unspecified atom stereocenters. The molecule has 1 fully saturated rings. The van der Waals surface area contributed by atoms with Crippen molar-refractivity contribution in [2.75, 3.05) is 6.61 Å². The minimum absolute atomic E-state index is 0.246. The predicted molar refractivity (Wildman–Crippen MR) is 100 cm³/mol. The van der Waals surface area contributed by atoms with Crippen LogP contribution >= 0.6 is 0 Å². The van der Waals surface area contributed by atoms with Crippen molar-refractivity contribution in [2.45, 2.75) is 25.7 Å². The van der Waals surface area contributed by atoms with Gasteiger partial charge in [0.2, 0.25) is 0 Å². The van der Waals surface area contributed by atoms with Crippen LogP contribution in [0, 0.1) is 16.7 Å². The van der Waals surface area contributed by atoms with Gasteiger partial charge in [0, 0.05) is 5.56 Å². The topological polar surface area (TPSA) is 91.2 Å². The highest BCUT2D eigenvalue weighted by Crippen LogP contribution is 2.37. The van der Waals surface area contributed by atoms with Crippen molar-refractivity contribution in [1.29, 1.82) is 5.26 Å². The maximum Gasteiger partial charge on any atom is 0.276 e. The number of nitrogens with one attached hydrogen (secondary N) is 2. The summed E-state index contributed by atoms with van der Waals surface area (Å²) in [6.07, 6.45) is 2.72. The summed E-state index contributed by atoms with van der Waals surface area (Å²) in [6.45, 7) is -0.246. The summed E-state index contributed by atoms with van der Waals surface area (Å²) < 4.78 is 5.63. The fraction of sp³-hybridized carbons (Fsp3) is 0.286. The molecule has 6 heteroatoms. The standard InChI is InChI=1S/C21H21N3O3/c22-15-21(12-6-7-13-21)20(26)24-23-19(25)14-27-18-11-5-4-10-17(18)16-8-2-1-3-9-16/h1-5,8-11H,6-7,12-14H2,(H,23,25)(H,24,26). The van der Waals surface area contributed by atoms with Crippen LogP contribution in [0.25, 0.3) is 11.1 Å². The van der Waals surface area contributed by atoms with Gasteiger partial charge in [-0.25, -0.2) is 0 Å². The van der Waals surface area contributed by atoms with E-state index in [-0.39, 0.29) is 6.61 Å². The van der Waals surface area contributed by atoms with E-state index >= 15 is 0 Å². The molecule has 2 aromatic rings. The number of amides is 2. The highest BCUT2D eigenvalue weighted by Gasteiger charge is 2.41. The highest BCUT2D eigenvalue weighted by molar-refractivity contribution is 5.88. The third-order valence-electron chi connectivity index (χ3n) is 4.75. The van der Waals surface area contributed by atoms with E-state index in [4.69, 9.17) is 4.74 Å². The molecular weight excluding hydrogens is 342 g/mol. The van der Waals surface area contributed by atoms with Crippen LogP contribution in [0.2, 0.25) is 0 Å². The van der Waals surface area contributed by atoms with E-state index in [0.717, 1.165) is 24.0 Å². The number of nitrogens with zero attached hydrogens (tertiary/aromatic N) is 1. The second kappa shape index (κ2) is 8.37. The summed E-state index contributed by atoms with van der Waals surface area (Å²) >= 11 is 0. The van der Waals surface area contributed by atoms with Gasteiger partial charge in [0.25, 0.3) is 11.8 Å². The number of para-hydroxylation sites is 1. The van der Waals surface area contributed by atoms with Crippen LogP contribution in [0.4, 0.5) is 0 Å². The first-order chi connectivity index (χ1) is 13.1. The second-order valence-electron chi connectivity index (χ2n) is 6.55. The second-order valence-corrected chi connectivity index (χ2v) is 6.55. The fourth-order valence-electron chi connectivity index (χ4n) is 3.24. The third-order valence-corrected chi connectivity index (χ3v) is 4.75. The van der Waals surface area contributed by atoms with Gasteiger partial charge in [-0.05, 0) is 24.5 Å². The zero-order chi connectivity index (χ0) is 19.1. The Morgan fingerprint density at radius 2 is 1.67 bits per heavy atom. The van der Waals surface area contributed by atoms with E-state index < -0.39 is 17.2 Å². The lowest BCUT2D eigenvalue weighted by atomic mass is 9.87. The van der Waals surface area contributed by atoms with E-state index in [9.17, 15) is 14.9 Å². The number of nitriles is 1. The molecule has 2 amide bonds. The molecule has 0 spiro atoms. The minimum Gasteiger partial charge on any atom is -0.483 e. The number of hydrogen-bond acceptors (Lipinski definition) is 4. The van der Waals surface area contributed by atoms with Gasteiger partial charge in [-0.1, -0.05) is 61.4 Å². The molecule has 3 rings (SSSR count). The number of rotatable bonds is 5. The molecule has 0 aliphatic heterocycles. The van der Waals surface area contributed by atoms with E-state index in [1.54, 1.807) is 6.07 Å². The Hall–Kier alpha value is -3.33. The molecule has 0 atom stereocenters. The van der Waals surface area contributed by atoms with Crippen LogP contribution in [-0.4, -0.2) is 18.4 Å². The van der Waals surface area contributed by atoms with Gasteiger partial charge in [-0.2, -0.15) is 5.26 Å². The van der Waals surface area contributed by atoms with Gasteiger partial charge in [0.05, 0.1) is 6.07 Å². The van der Waals surface area contributed by atoms with Gasteiger partial charge in [-0.15, -0.1) is 0 Å². The third kappa shape index (κ3) is 4.26. The molecule has 6 nitrogen and oxygen atoms in total. The van der Waals surface area contributed by atoms with Crippen molar-refractivity contribution in [3.63, 3.8) is 0 Å². The predicted octanol–water partition coefficient (Wildman–Crippen LogP) is 2.96. The van der Waals surface area contributed by atoms with Gasteiger partial charge in [-0.3, -0.25) is 20.4 Å². The summed E-state index contributed by atoms with van der Waals surface area (Å²) in [4.78, 5) is 24.3. The van der Waals surface area contributed by atoms with Crippen LogP contribution in [0.3, 0.4) is 0 Å². The monoisotopic (exact) mass is 363 g/mol. The van der Waals surface area contributed by atoms with E-state index in [2.05, 4.69) is 16.9 Å². The molecule has 2 N–H and O–H groups in total. The first-order valence-electron chi connectivity index (χ1n) is 8.92. The van der Waals surface area contributed by atoms with Crippen molar-refractivity contribution < 1.29 is 14.3 Å². The smallest absolute Gasteiger partial charge is 0.276 e. The van der Waals surface area contributed by atoms with E-state index in [1.165, 1.54) is 0 Å². The van der Waals surface area contributed by atoms with Crippen LogP contribution in [0.15, 0.2) is 54.6 Å². The average molecular weight is 363 g/mol. The largest absolute Gasteiger partial charge is 0.483 e. The SMILES string of the molecule is N#CC1(C(=O)NNC(=O)COc2ccccc2-c2ccccc2)CCCC1. The Balaban J connectivity index is 1.56. The van der Waals surface area contributed by atoms with Crippen molar-refractivity contribution in [3.05, 3.63) is 54.6 Å². The zero-order valence-electron chi connectivity index (χ0n) is 14.9. The van der Waals surface area contributed by atoms with Gasteiger partial charge in [0.1, 0.15) is 11.2 Å². The molecular formula is C21H21N3O3. The number of benzene rings is 2. The first kappa shape index (κ1) is 18.5. The van der Waals surface area contributed by atoms with Gasteiger partial charge < -0.3 is 4.74 Å².